The molecular weight excluding hydrogens is 276 g/mol. The highest BCUT2D eigenvalue weighted by molar-refractivity contribution is 5.79. The molecule has 2 aliphatic heterocycles. The average Bonchev–Trinajstić information content (AvgIpc) is 3.03. The number of piperidine rings is 1. The van der Waals surface area contributed by atoms with Crippen LogP contribution in [0.1, 0.15) is 32.6 Å². The molecule has 1 atom stereocenters. The Balaban J connectivity index is 1.67. The minimum atomic E-state index is 0.654. The molecule has 0 amide bonds. The molecule has 2 fully saturated rings. The second-order valence-electron chi connectivity index (χ2n) is 6.82. The van der Waals surface area contributed by atoms with Gasteiger partial charge in [0.25, 0.3) is 0 Å². The molecular formula is C17H34N4O. The third-order valence-electron chi connectivity index (χ3n) is 4.93. The molecule has 2 aliphatic rings. The molecule has 0 aromatic carbocycles. The summed E-state index contributed by atoms with van der Waals surface area (Å²) in [7, 11) is 4.02. The molecule has 1 unspecified atom stereocenters. The Morgan fingerprint density at radius 3 is 2.64 bits per heavy atom. The smallest absolute Gasteiger partial charge is 0.193 e. The van der Waals surface area contributed by atoms with Gasteiger partial charge in [0.2, 0.25) is 0 Å². The van der Waals surface area contributed by atoms with Crippen molar-refractivity contribution in [2.45, 2.75) is 32.6 Å². The van der Waals surface area contributed by atoms with Gasteiger partial charge < -0.3 is 19.9 Å². The third kappa shape index (κ3) is 5.43. The standard InChI is InChI=1S/C17H34N4O/c1-4-8-21-9-5-15(6-10-21)12-19-17(18-2)20(3)13-16-7-11-22-14-16/h15-16H,4-14H2,1-3H3,(H,18,19). The van der Waals surface area contributed by atoms with Crippen LogP contribution in [0.5, 0.6) is 0 Å². The van der Waals surface area contributed by atoms with E-state index in [-0.39, 0.29) is 0 Å². The van der Waals surface area contributed by atoms with Gasteiger partial charge in [0.05, 0.1) is 6.61 Å². The summed E-state index contributed by atoms with van der Waals surface area (Å²) in [6, 6.07) is 0. The van der Waals surface area contributed by atoms with Crippen LogP contribution in [0, 0.1) is 11.8 Å². The molecule has 5 nitrogen and oxygen atoms in total. The molecule has 0 radical (unpaired) electrons. The van der Waals surface area contributed by atoms with E-state index in [1.807, 2.05) is 7.05 Å². The summed E-state index contributed by atoms with van der Waals surface area (Å²) in [6.45, 7) is 9.95. The molecule has 0 saturated carbocycles. The van der Waals surface area contributed by atoms with Gasteiger partial charge in [-0.3, -0.25) is 4.99 Å². The van der Waals surface area contributed by atoms with Gasteiger partial charge in [-0.1, -0.05) is 6.92 Å². The highest BCUT2D eigenvalue weighted by atomic mass is 16.5. The van der Waals surface area contributed by atoms with Crippen LogP contribution in [0.2, 0.25) is 0 Å². The lowest BCUT2D eigenvalue weighted by atomic mass is 9.97. The normalized spacial score (nSPS) is 24.7. The summed E-state index contributed by atoms with van der Waals surface area (Å²) in [5, 5.41) is 3.58. The van der Waals surface area contributed by atoms with Crippen molar-refractivity contribution < 1.29 is 4.74 Å². The van der Waals surface area contributed by atoms with Crippen LogP contribution in [-0.4, -0.2) is 75.8 Å². The van der Waals surface area contributed by atoms with Gasteiger partial charge in [-0.05, 0) is 51.2 Å². The number of hydrogen-bond donors (Lipinski definition) is 1. The van der Waals surface area contributed by atoms with Gasteiger partial charge in [-0.15, -0.1) is 0 Å². The Morgan fingerprint density at radius 1 is 1.27 bits per heavy atom. The van der Waals surface area contributed by atoms with Crippen molar-refractivity contribution in [3.63, 3.8) is 0 Å². The van der Waals surface area contributed by atoms with Crippen molar-refractivity contribution in [3.8, 4) is 0 Å². The lowest BCUT2D eigenvalue weighted by Crippen LogP contribution is -2.45. The number of aliphatic imine (C=N–C) groups is 1. The molecule has 0 bridgehead atoms. The Hall–Kier alpha value is -0.810. The van der Waals surface area contributed by atoms with Crippen LogP contribution in [0.15, 0.2) is 4.99 Å². The van der Waals surface area contributed by atoms with Gasteiger partial charge >= 0.3 is 0 Å². The van der Waals surface area contributed by atoms with Crippen LogP contribution in [0.3, 0.4) is 0 Å². The van der Waals surface area contributed by atoms with Crippen molar-refractivity contribution in [1.82, 2.24) is 15.1 Å². The van der Waals surface area contributed by atoms with Gasteiger partial charge in [0.15, 0.2) is 5.96 Å². The van der Waals surface area contributed by atoms with Crippen molar-refractivity contribution >= 4 is 5.96 Å². The third-order valence-corrected chi connectivity index (χ3v) is 4.93. The first-order chi connectivity index (χ1) is 10.7. The molecule has 1 N–H and O–H groups in total. The van der Waals surface area contributed by atoms with Gasteiger partial charge in [-0.25, -0.2) is 0 Å². The zero-order valence-corrected chi connectivity index (χ0v) is 14.7. The minimum Gasteiger partial charge on any atom is -0.381 e. The highest BCUT2D eigenvalue weighted by Crippen LogP contribution is 2.17. The predicted octanol–water partition coefficient (Wildman–Crippen LogP) is 1.65. The van der Waals surface area contributed by atoms with Crippen molar-refractivity contribution in [3.05, 3.63) is 0 Å². The zero-order chi connectivity index (χ0) is 15.8. The van der Waals surface area contributed by atoms with Crippen LogP contribution < -0.4 is 5.32 Å². The topological polar surface area (TPSA) is 40.1 Å². The van der Waals surface area contributed by atoms with Crippen molar-refractivity contribution in [2.75, 3.05) is 60.0 Å². The molecule has 0 spiro atoms. The molecule has 0 aliphatic carbocycles. The summed E-state index contributed by atoms with van der Waals surface area (Å²) in [5.41, 5.74) is 0. The first-order valence-corrected chi connectivity index (χ1v) is 8.94. The lowest BCUT2D eigenvalue weighted by Gasteiger charge is -2.33. The van der Waals surface area contributed by atoms with Crippen LogP contribution in [0.4, 0.5) is 0 Å². The monoisotopic (exact) mass is 310 g/mol. The molecule has 128 valence electrons. The maximum Gasteiger partial charge on any atom is 0.193 e. The van der Waals surface area contributed by atoms with E-state index in [2.05, 4.69) is 34.1 Å². The lowest BCUT2D eigenvalue weighted by molar-refractivity contribution is 0.179. The van der Waals surface area contributed by atoms with Gasteiger partial charge in [0.1, 0.15) is 0 Å². The summed E-state index contributed by atoms with van der Waals surface area (Å²) < 4.78 is 5.46. The molecule has 2 saturated heterocycles. The van der Waals surface area contributed by atoms with E-state index in [1.54, 1.807) is 0 Å². The van der Waals surface area contributed by atoms with Crippen molar-refractivity contribution in [1.29, 1.82) is 0 Å². The second-order valence-corrected chi connectivity index (χ2v) is 6.82. The molecule has 0 aromatic heterocycles. The summed E-state index contributed by atoms with van der Waals surface area (Å²) in [4.78, 5) is 9.29. The number of likely N-dealkylation sites (tertiary alicyclic amines) is 1. The highest BCUT2D eigenvalue weighted by Gasteiger charge is 2.21. The number of nitrogens with zero attached hydrogens (tertiary/aromatic N) is 3. The fourth-order valence-electron chi connectivity index (χ4n) is 3.55. The minimum absolute atomic E-state index is 0.654. The number of guanidine groups is 1. The SMILES string of the molecule is CCCN1CCC(CNC(=NC)N(C)CC2CCOC2)CC1. The van der Waals surface area contributed by atoms with E-state index in [9.17, 15) is 0 Å². The zero-order valence-electron chi connectivity index (χ0n) is 14.7. The quantitative estimate of drug-likeness (QED) is 0.598. The molecule has 22 heavy (non-hydrogen) atoms. The van der Waals surface area contributed by atoms with E-state index >= 15 is 0 Å². The fraction of sp³-hybridized carbons (Fsp3) is 0.941. The molecule has 2 rings (SSSR count). The summed E-state index contributed by atoms with van der Waals surface area (Å²) in [6.07, 6.45) is 5.07. The molecule has 2 heterocycles. The Labute approximate surface area is 136 Å². The Bertz CT molecular complexity index is 334. The Kier molecular flexibility index (Phi) is 7.46. The maximum atomic E-state index is 5.46. The first kappa shape index (κ1) is 17.5. The van der Waals surface area contributed by atoms with E-state index < -0.39 is 0 Å². The maximum absolute atomic E-state index is 5.46. The average molecular weight is 310 g/mol. The van der Waals surface area contributed by atoms with Crippen molar-refractivity contribution in [2.24, 2.45) is 16.8 Å². The van der Waals surface area contributed by atoms with Gasteiger partial charge in [-0.2, -0.15) is 0 Å². The van der Waals surface area contributed by atoms with Gasteiger partial charge in [0, 0.05) is 39.7 Å². The first-order valence-electron chi connectivity index (χ1n) is 8.94. The van der Waals surface area contributed by atoms with E-state index in [0.717, 1.165) is 38.2 Å². The summed E-state index contributed by atoms with van der Waals surface area (Å²) in [5.74, 6) is 2.47. The van der Waals surface area contributed by atoms with E-state index in [0.29, 0.717) is 5.92 Å². The largest absolute Gasteiger partial charge is 0.381 e. The van der Waals surface area contributed by atoms with Crippen LogP contribution >= 0.6 is 0 Å². The Morgan fingerprint density at radius 2 is 2.05 bits per heavy atom. The summed E-state index contributed by atoms with van der Waals surface area (Å²) >= 11 is 0. The van der Waals surface area contributed by atoms with Crippen LogP contribution in [-0.2, 0) is 4.74 Å². The molecule has 5 heteroatoms. The number of hydrogen-bond acceptors (Lipinski definition) is 3. The number of ether oxygens (including phenoxy) is 1. The van der Waals surface area contributed by atoms with Crippen LogP contribution in [0.25, 0.3) is 0 Å². The number of nitrogens with one attached hydrogen (secondary N) is 1. The second kappa shape index (κ2) is 9.36. The number of rotatable bonds is 6. The van der Waals surface area contributed by atoms with E-state index in [4.69, 9.17) is 4.74 Å². The predicted molar refractivity (Wildman–Crippen MR) is 92.4 cm³/mol. The van der Waals surface area contributed by atoms with E-state index in [1.165, 1.54) is 45.3 Å². The fourth-order valence-corrected chi connectivity index (χ4v) is 3.55. The molecule has 0 aromatic rings.